The third-order valence-electron chi connectivity index (χ3n) is 11.1. The van der Waals surface area contributed by atoms with Crippen molar-refractivity contribution in [3.8, 4) is 5.75 Å². The van der Waals surface area contributed by atoms with E-state index in [9.17, 15) is 15.0 Å². The number of carbonyl (C=O) groups excluding carboxylic acids is 1. The summed E-state index contributed by atoms with van der Waals surface area (Å²) in [4.78, 5) is 14.0. The molecule has 2 unspecified atom stereocenters. The number of hydrogen-bond donors (Lipinski definition) is 3. The zero-order chi connectivity index (χ0) is 37.7. The van der Waals surface area contributed by atoms with Gasteiger partial charge in [0.05, 0.1) is 44.1 Å². The fourth-order valence-corrected chi connectivity index (χ4v) is 8.63. The lowest BCUT2D eigenvalue weighted by Gasteiger charge is -2.55. The topological polar surface area (TPSA) is 120 Å². The highest BCUT2D eigenvalue weighted by atomic mass is 35.5. The van der Waals surface area contributed by atoms with Crippen molar-refractivity contribution in [2.24, 2.45) is 11.1 Å². The van der Waals surface area contributed by atoms with Crippen LogP contribution in [0, 0.1) is 5.41 Å². The fourth-order valence-electron chi connectivity index (χ4n) is 8.45. The minimum Gasteiger partial charge on any atom is -0.494 e. The number of benzene rings is 5. The lowest BCUT2D eigenvalue weighted by atomic mass is 9.58. The number of halogens is 1. The Morgan fingerprint density at radius 2 is 1.26 bits per heavy atom. The first-order chi connectivity index (χ1) is 26.3. The molecule has 2 bridgehead atoms. The van der Waals surface area contributed by atoms with Crippen molar-refractivity contribution >= 4 is 17.5 Å². The molecule has 0 spiro atoms. The third kappa shape index (κ3) is 7.18. The van der Waals surface area contributed by atoms with E-state index in [1.165, 1.54) is 0 Å². The summed E-state index contributed by atoms with van der Waals surface area (Å²) >= 11 is 6.86. The van der Waals surface area contributed by atoms with E-state index in [1.807, 2.05) is 128 Å². The van der Waals surface area contributed by atoms with E-state index >= 15 is 0 Å². The average Bonchev–Trinajstić information content (AvgIpc) is 3.37. The van der Waals surface area contributed by atoms with Crippen molar-refractivity contribution < 1.29 is 34.0 Å². The Bertz CT molecular complexity index is 2000. The molecule has 2 fully saturated rings. The normalized spacial score (nSPS) is 26.0. The standard InChI is InChI=1S/C45H46ClNO7/c1-2-51-36-21-18-30(19-22-36)24-34-25-35(20-23-37(34)46)45-38(48)26-44(42(45)49,43(47)50)40(53-28-32-14-8-4-9-15-32)39(52-27-31-12-6-3-7-13-31)41(45)54-29-33-16-10-5-11-17-33/h3-23,25,38-42,48-49H,2,24,26-29H2,1H3,(H2,47,50)/t38?,39-,40-,41+,42?,44-,45-/m1/s1. The molecule has 7 rings (SSSR count). The molecule has 7 atom stereocenters. The van der Waals surface area contributed by atoms with Gasteiger partial charge in [0.1, 0.15) is 29.5 Å². The molecule has 0 saturated heterocycles. The molecule has 0 radical (unpaired) electrons. The molecule has 2 aliphatic rings. The predicted octanol–water partition coefficient (Wildman–Crippen LogP) is 6.93. The number of amides is 1. The van der Waals surface area contributed by atoms with Gasteiger partial charge < -0.3 is 34.9 Å². The van der Waals surface area contributed by atoms with Gasteiger partial charge in [0, 0.05) is 5.02 Å². The molecule has 8 nitrogen and oxygen atoms in total. The monoisotopic (exact) mass is 747 g/mol. The summed E-state index contributed by atoms with van der Waals surface area (Å²) in [7, 11) is 0. The minimum absolute atomic E-state index is 0.111. The van der Waals surface area contributed by atoms with E-state index in [-0.39, 0.29) is 26.2 Å². The summed E-state index contributed by atoms with van der Waals surface area (Å²) in [6.07, 6.45) is -5.57. The first kappa shape index (κ1) is 37.8. The largest absolute Gasteiger partial charge is 0.494 e. The van der Waals surface area contributed by atoms with Gasteiger partial charge in [-0.15, -0.1) is 0 Å². The van der Waals surface area contributed by atoms with Crippen LogP contribution in [-0.4, -0.2) is 53.2 Å². The molecular formula is C45H46ClNO7. The number of fused-ring (bicyclic) bond motifs is 2. The summed E-state index contributed by atoms with van der Waals surface area (Å²) in [6.45, 7) is 2.91. The molecule has 5 aromatic carbocycles. The van der Waals surface area contributed by atoms with Gasteiger partial charge in [0.25, 0.3) is 0 Å². The molecule has 2 aliphatic carbocycles. The maximum atomic E-state index is 14.0. The molecular weight excluding hydrogens is 702 g/mol. The van der Waals surface area contributed by atoms with Crippen LogP contribution in [-0.2, 0) is 50.7 Å². The molecule has 280 valence electrons. The number of primary amides is 1. The van der Waals surface area contributed by atoms with E-state index in [0.29, 0.717) is 23.6 Å². The molecule has 5 aromatic rings. The zero-order valence-electron chi connectivity index (χ0n) is 30.2. The summed E-state index contributed by atoms with van der Waals surface area (Å²) < 4.78 is 26.1. The van der Waals surface area contributed by atoms with E-state index in [0.717, 1.165) is 33.6 Å². The van der Waals surface area contributed by atoms with Crippen LogP contribution >= 0.6 is 11.6 Å². The van der Waals surface area contributed by atoms with Crippen molar-refractivity contribution in [2.45, 2.75) is 75.5 Å². The van der Waals surface area contributed by atoms with Crippen LogP contribution in [0.5, 0.6) is 5.75 Å². The fraction of sp³-hybridized carbons (Fsp3) is 0.311. The third-order valence-corrected chi connectivity index (χ3v) is 11.4. The van der Waals surface area contributed by atoms with Crippen molar-refractivity contribution in [2.75, 3.05) is 6.61 Å². The first-order valence-corrected chi connectivity index (χ1v) is 18.8. The smallest absolute Gasteiger partial charge is 0.229 e. The molecule has 9 heteroatoms. The molecule has 0 aromatic heterocycles. The lowest BCUT2D eigenvalue weighted by Crippen LogP contribution is -2.72. The summed E-state index contributed by atoms with van der Waals surface area (Å²) in [6, 6.07) is 42.2. The van der Waals surface area contributed by atoms with Gasteiger partial charge in [0.2, 0.25) is 5.91 Å². The summed E-state index contributed by atoms with van der Waals surface area (Å²) in [5.41, 5.74) is 8.00. The first-order valence-electron chi connectivity index (χ1n) is 18.4. The van der Waals surface area contributed by atoms with Gasteiger partial charge in [-0.25, -0.2) is 0 Å². The number of hydrogen-bond acceptors (Lipinski definition) is 7. The van der Waals surface area contributed by atoms with Crippen molar-refractivity contribution in [1.29, 1.82) is 0 Å². The van der Waals surface area contributed by atoms with Crippen LogP contribution in [0.4, 0.5) is 0 Å². The van der Waals surface area contributed by atoms with Crippen LogP contribution in [0.25, 0.3) is 0 Å². The SMILES string of the molecule is CCOc1ccc(Cc2cc([C@]34C(O)C[C@](C(N)=O)(C3O)[C@H](OCc3ccccc3)[C@@H](OCc3ccccc3)[C@@H]4OCc3ccccc3)ccc2Cl)cc1. The maximum absolute atomic E-state index is 14.0. The minimum atomic E-state index is -1.74. The quantitative estimate of drug-likeness (QED) is 0.106. The Labute approximate surface area is 321 Å². The predicted molar refractivity (Wildman–Crippen MR) is 207 cm³/mol. The van der Waals surface area contributed by atoms with Gasteiger partial charge >= 0.3 is 0 Å². The Balaban J connectivity index is 1.36. The van der Waals surface area contributed by atoms with E-state index in [2.05, 4.69) is 0 Å². The second-order valence-corrected chi connectivity index (χ2v) is 14.6. The summed E-state index contributed by atoms with van der Waals surface area (Å²) in [5.74, 6) is -0.0152. The van der Waals surface area contributed by atoms with Crippen LogP contribution in [0.1, 0.15) is 46.7 Å². The van der Waals surface area contributed by atoms with Gasteiger partial charge in [-0.2, -0.15) is 0 Å². The summed E-state index contributed by atoms with van der Waals surface area (Å²) in [5, 5.41) is 25.9. The van der Waals surface area contributed by atoms with E-state index in [4.69, 9.17) is 36.3 Å². The molecule has 0 heterocycles. The van der Waals surface area contributed by atoms with Gasteiger partial charge in [-0.1, -0.05) is 127 Å². The number of carbonyl (C=O) groups is 1. The highest BCUT2D eigenvalue weighted by Crippen LogP contribution is 2.62. The van der Waals surface area contributed by atoms with Crippen molar-refractivity contribution in [1.82, 2.24) is 0 Å². The van der Waals surface area contributed by atoms with Crippen molar-refractivity contribution in [3.05, 3.63) is 172 Å². The van der Waals surface area contributed by atoms with Crippen molar-refractivity contribution in [3.63, 3.8) is 0 Å². The van der Waals surface area contributed by atoms with Crippen LogP contribution in [0.2, 0.25) is 5.02 Å². The van der Waals surface area contributed by atoms with Gasteiger partial charge in [0.15, 0.2) is 0 Å². The Kier molecular flexibility index (Phi) is 11.5. The van der Waals surface area contributed by atoms with Gasteiger partial charge in [-0.05, 0) is 71.3 Å². The highest BCUT2D eigenvalue weighted by molar-refractivity contribution is 6.31. The zero-order valence-corrected chi connectivity index (χ0v) is 31.0. The van der Waals surface area contributed by atoms with Gasteiger partial charge in [-0.3, -0.25) is 4.79 Å². The maximum Gasteiger partial charge on any atom is 0.229 e. The second kappa shape index (κ2) is 16.4. The van der Waals surface area contributed by atoms with E-state index < -0.39 is 47.3 Å². The van der Waals surface area contributed by atoms with Crippen LogP contribution < -0.4 is 10.5 Å². The Hall–Kier alpha value is -4.54. The Morgan fingerprint density at radius 3 is 1.80 bits per heavy atom. The number of aliphatic hydroxyl groups excluding tert-OH is 2. The number of ether oxygens (including phenoxy) is 4. The van der Waals surface area contributed by atoms with Crippen LogP contribution in [0.15, 0.2) is 133 Å². The molecule has 4 N–H and O–H groups in total. The van der Waals surface area contributed by atoms with Crippen LogP contribution in [0.3, 0.4) is 0 Å². The Morgan fingerprint density at radius 1 is 0.722 bits per heavy atom. The molecule has 54 heavy (non-hydrogen) atoms. The molecule has 0 aliphatic heterocycles. The lowest BCUT2D eigenvalue weighted by molar-refractivity contribution is -0.252. The van der Waals surface area contributed by atoms with E-state index in [1.54, 1.807) is 12.1 Å². The second-order valence-electron chi connectivity index (χ2n) is 14.2. The average molecular weight is 748 g/mol. The molecule has 1 amide bonds. The number of aliphatic hydroxyl groups is 2. The number of rotatable bonds is 15. The number of nitrogens with two attached hydrogens (primary N) is 1. The molecule has 2 saturated carbocycles. The highest BCUT2D eigenvalue weighted by Gasteiger charge is 2.77.